The van der Waals surface area contributed by atoms with Crippen LogP contribution in [-0.4, -0.2) is 23.5 Å². The predicted octanol–water partition coefficient (Wildman–Crippen LogP) is 6.60. The van der Waals surface area contributed by atoms with Gasteiger partial charge in [-0.15, -0.1) is 0 Å². The fourth-order valence-corrected chi connectivity index (χ4v) is 4.41. The zero-order valence-electron chi connectivity index (χ0n) is 19.1. The summed E-state index contributed by atoms with van der Waals surface area (Å²) in [5, 5.41) is 6.26. The van der Waals surface area contributed by atoms with Crippen LogP contribution in [0.1, 0.15) is 10.4 Å². The highest BCUT2D eigenvalue weighted by Gasteiger charge is 2.19. The van der Waals surface area contributed by atoms with Crippen molar-refractivity contribution in [3.63, 3.8) is 0 Å². The monoisotopic (exact) mass is 472 g/mol. The number of hydrogen-bond donors (Lipinski definition) is 1. The molecule has 36 heavy (non-hydrogen) atoms. The molecule has 5 aromatic carbocycles. The highest BCUT2D eigenvalue weighted by atomic mass is 16.5. The first-order valence-corrected chi connectivity index (χ1v) is 11.5. The standard InChI is InChI=1S/C30H20N2O4/c33-27(31-24-16-7-9-19-8-1-2-12-21(19)24)18-35-30(34)23-14-6-11-20-10-5-13-22(28(20)23)29-32-25-15-3-4-17-26(25)36-29/h1-17H,18H2,(H,31,33). The number of aromatic nitrogens is 1. The van der Waals surface area contributed by atoms with Gasteiger partial charge in [0.1, 0.15) is 5.52 Å². The Kier molecular flexibility index (Phi) is 5.39. The van der Waals surface area contributed by atoms with Gasteiger partial charge in [-0.3, -0.25) is 4.79 Å². The normalized spacial score (nSPS) is 11.1. The van der Waals surface area contributed by atoms with Crippen LogP contribution in [0.15, 0.2) is 108 Å². The first kappa shape index (κ1) is 21.6. The van der Waals surface area contributed by atoms with Crippen LogP contribution < -0.4 is 5.32 Å². The molecular formula is C30H20N2O4. The van der Waals surface area contributed by atoms with Gasteiger partial charge in [0.2, 0.25) is 5.89 Å². The van der Waals surface area contributed by atoms with E-state index in [9.17, 15) is 9.59 Å². The molecule has 6 nitrogen and oxygen atoms in total. The number of amides is 1. The molecule has 0 aliphatic rings. The zero-order chi connectivity index (χ0) is 24.5. The maximum absolute atomic E-state index is 13.1. The number of carbonyl (C=O) groups is 2. The summed E-state index contributed by atoms with van der Waals surface area (Å²) in [5.74, 6) is -0.605. The first-order valence-electron chi connectivity index (χ1n) is 11.5. The van der Waals surface area contributed by atoms with Crippen molar-refractivity contribution in [3.8, 4) is 11.5 Å². The lowest BCUT2D eigenvalue weighted by Crippen LogP contribution is -2.21. The smallest absolute Gasteiger partial charge is 0.339 e. The third-order valence-corrected chi connectivity index (χ3v) is 6.05. The molecule has 6 aromatic rings. The van der Waals surface area contributed by atoms with Crippen molar-refractivity contribution in [3.05, 3.63) is 109 Å². The quantitative estimate of drug-likeness (QED) is 0.286. The number of nitrogens with one attached hydrogen (secondary N) is 1. The van der Waals surface area contributed by atoms with Gasteiger partial charge in [-0.2, -0.15) is 0 Å². The maximum atomic E-state index is 13.1. The summed E-state index contributed by atoms with van der Waals surface area (Å²) in [6.45, 7) is -0.413. The lowest BCUT2D eigenvalue weighted by atomic mass is 9.99. The van der Waals surface area contributed by atoms with Crippen molar-refractivity contribution in [2.75, 3.05) is 11.9 Å². The van der Waals surface area contributed by atoms with E-state index < -0.39 is 18.5 Å². The second kappa shape index (κ2) is 9.00. The highest BCUT2D eigenvalue weighted by molar-refractivity contribution is 6.11. The van der Waals surface area contributed by atoms with Gasteiger partial charge in [-0.25, -0.2) is 9.78 Å². The van der Waals surface area contributed by atoms with Crippen molar-refractivity contribution in [2.24, 2.45) is 0 Å². The van der Waals surface area contributed by atoms with E-state index in [1.165, 1.54) is 0 Å². The fourth-order valence-electron chi connectivity index (χ4n) is 4.41. The summed E-state index contributed by atoms with van der Waals surface area (Å²) in [6.07, 6.45) is 0. The van der Waals surface area contributed by atoms with E-state index in [0.717, 1.165) is 21.7 Å². The number of hydrogen-bond acceptors (Lipinski definition) is 5. The Bertz CT molecular complexity index is 1730. The molecule has 0 aliphatic heterocycles. The van der Waals surface area contributed by atoms with Gasteiger partial charge < -0.3 is 14.5 Å². The zero-order valence-corrected chi connectivity index (χ0v) is 19.1. The summed E-state index contributed by atoms with van der Waals surface area (Å²) >= 11 is 0. The van der Waals surface area contributed by atoms with Gasteiger partial charge in [0.05, 0.1) is 5.56 Å². The van der Waals surface area contributed by atoms with E-state index in [2.05, 4.69) is 10.3 Å². The molecule has 0 aliphatic carbocycles. The Labute approximate surface area is 206 Å². The SMILES string of the molecule is O=C(COC(=O)c1cccc2cccc(-c3nc4ccccc4o3)c12)Nc1cccc2ccccc12. The number of ether oxygens (including phenoxy) is 1. The summed E-state index contributed by atoms with van der Waals surface area (Å²) in [6, 6.07) is 31.9. The van der Waals surface area contributed by atoms with E-state index in [-0.39, 0.29) is 0 Å². The average Bonchev–Trinajstić information content (AvgIpc) is 3.35. The third-order valence-electron chi connectivity index (χ3n) is 6.05. The minimum atomic E-state index is -0.600. The van der Waals surface area contributed by atoms with Crippen LogP contribution >= 0.6 is 0 Å². The topological polar surface area (TPSA) is 81.4 Å². The van der Waals surface area contributed by atoms with E-state index in [0.29, 0.717) is 33.7 Å². The maximum Gasteiger partial charge on any atom is 0.339 e. The molecular weight excluding hydrogens is 452 g/mol. The number of fused-ring (bicyclic) bond motifs is 3. The number of oxazole rings is 1. The average molecular weight is 473 g/mol. The molecule has 174 valence electrons. The van der Waals surface area contributed by atoms with Gasteiger partial charge in [-0.05, 0) is 41.1 Å². The Hall–Kier alpha value is -4.97. The van der Waals surface area contributed by atoms with Crippen LogP contribution in [0.25, 0.3) is 44.1 Å². The minimum absolute atomic E-state index is 0.336. The van der Waals surface area contributed by atoms with Crippen LogP contribution in [0.2, 0.25) is 0 Å². The van der Waals surface area contributed by atoms with Gasteiger partial charge >= 0.3 is 5.97 Å². The van der Waals surface area contributed by atoms with Crippen molar-refractivity contribution in [2.45, 2.75) is 0 Å². The largest absolute Gasteiger partial charge is 0.452 e. The Morgan fingerprint density at radius 2 is 1.50 bits per heavy atom. The number of nitrogens with zero attached hydrogens (tertiary/aromatic N) is 1. The second-order valence-corrected chi connectivity index (χ2v) is 8.35. The molecule has 0 saturated heterocycles. The Morgan fingerprint density at radius 3 is 2.39 bits per heavy atom. The molecule has 1 aromatic heterocycles. The van der Waals surface area contributed by atoms with Crippen LogP contribution in [-0.2, 0) is 9.53 Å². The summed E-state index contributed by atoms with van der Waals surface area (Å²) in [5.41, 5.74) is 3.07. The van der Waals surface area contributed by atoms with Crippen molar-refractivity contribution >= 4 is 50.2 Å². The van der Waals surface area contributed by atoms with Crippen LogP contribution in [0, 0.1) is 0 Å². The van der Waals surface area contributed by atoms with Crippen molar-refractivity contribution in [1.29, 1.82) is 0 Å². The van der Waals surface area contributed by atoms with Gasteiger partial charge in [-0.1, -0.05) is 72.8 Å². The van der Waals surface area contributed by atoms with Crippen LogP contribution in [0.5, 0.6) is 0 Å². The third kappa shape index (κ3) is 3.95. The number of anilines is 1. The molecule has 1 heterocycles. The molecule has 0 fully saturated rings. The summed E-state index contributed by atoms with van der Waals surface area (Å²) in [4.78, 5) is 30.4. The van der Waals surface area contributed by atoms with Gasteiger partial charge in [0.25, 0.3) is 5.91 Å². The van der Waals surface area contributed by atoms with E-state index in [1.807, 2.05) is 91.0 Å². The van der Waals surface area contributed by atoms with Gasteiger partial charge in [0.15, 0.2) is 12.2 Å². The molecule has 0 radical (unpaired) electrons. The minimum Gasteiger partial charge on any atom is -0.452 e. The molecule has 1 N–H and O–H groups in total. The lowest BCUT2D eigenvalue weighted by Gasteiger charge is -2.11. The van der Waals surface area contributed by atoms with Crippen LogP contribution in [0.4, 0.5) is 5.69 Å². The highest BCUT2D eigenvalue weighted by Crippen LogP contribution is 2.33. The summed E-state index contributed by atoms with van der Waals surface area (Å²) < 4.78 is 11.4. The van der Waals surface area contributed by atoms with E-state index in [1.54, 1.807) is 12.1 Å². The van der Waals surface area contributed by atoms with Crippen molar-refractivity contribution < 1.29 is 18.7 Å². The Balaban J connectivity index is 1.27. The number of para-hydroxylation sites is 2. The fraction of sp³-hybridized carbons (Fsp3) is 0.0333. The first-order chi connectivity index (χ1) is 17.7. The molecule has 0 atom stereocenters. The molecule has 1 amide bonds. The molecule has 0 bridgehead atoms. The molecule has 6 heteroatoms. The van der Waals surface area contributed by atoms with Crippen LogP contribution in [0.3, 0.4) is 0 Å². The molecule has 0 unspecified atom stereocenters. The molecule has 0 saturated carbocycles. The number of carbonyl (C=O) groups excluding carboxylic acids is 2. The second-order valence-electron chi connectivity index (χ2n) is 8.35. The molecule has 0 spiro atoms. The van der Waals surface area contributed by atoms with E-state index >= 15 is 0 Å². The Morgan fingerprint density at radius 1 is 0.778 bits per heavy atom. The lowest BCUT2D eigenvalue weighted by molar-refractivity contribution is -0.119. The number of benzene rings is 5. The summed E-state index contributed by atoms with van der Waals surface area (Å²) in [7, 11) is 0. The number of esters is 1. The van der Waals surface area contributed by atoms with Gasteiger partial charge in [0, 0.05) is 22.0 Å². The predicted molar refractivity (Wildman–Crippen MR) is 140 cm³/mol. The molecule has 6 rings (SSSR count). The van der Waals surface area contributed by atoms with Crippen molar-refractivity contribution in [1.82, 2.24) is 4.98 Å². The number of rotatable bonds is 5. The van der Waals surface area contributed by atoms with E-state index in [4.69, 9.17) is 9.15 Å².